The fourth-order valence-electron chi connectivity index (χ4n) is 1.41. The number of ether oxygens (including phenoxy) is 1. The van der Waals surface area contributed by atoms with E-state index in [1.807, 2.05) is 13.8 Å². The normalized spacial score (nSPS) is 11.4. The zero-order chi connectivity index (χ0) is 13.1. The highest BCUT2D eigenvalue weighted by Crippen LogP contribution is 2.23. The molecule has 0 aromatic heterocycles. The van der Waals surface area contributed by atoms with E-state index in [0.717, 1.165) is 0 Å². The highest BCUT2D eigenvalue weighted by molar-refractivity contribution is 9.10. The zero-order valence-corrected chi connectivity index (χ0v) is 12.4. The first-order valence-corrected chi connectivity index (χ1v) is 6.29. The summed E-state index contributed by atoms with van der Waals surface area (Å²) in [7, 11) is 1.60. The number of amides is 1. The van der Waals surface area contributed by atoms with Gasteiger partial charge in [0.2, 0.25) is 0 Å². The van der Waals surface area contributed by atoms with Crippen molar-refractivity contribution in [1.82, 2.24) is 5.32 Å². The Kier molecular flexibility index (Phi) is 4.98. The van der Waals surface area contributed by atoms with Crippen LogP contribution in [0.25, 0.3) is 0 Å². The van der Waals surface area contributed by atoms with Gasteiger partial charge < -0.3 is 10.1 Å². The Bertz CT molecular complexity index is 421. The highest BCUT2D eigenvalue weighted by Gasteiger charge is 2.21. The number of rotatable bonds is 4. The molecule has 0 aliphatic carbocycles. The van der Waals surface area contributed by atoms with Crippen LogP contribution in [0.4, 0.5) is 0 Å². The number of methoxy groups -OCH3 is 1. The third-order valence-corrected chi connectivity index (χ3v) is 3.35. The minimum atomic E-state index is -0.405. The first kappa shape index (κ1) is 14.5. The van der Waals surface area contributed by atoms with E-state index < -0.39 is 5.54 Å². The number of benzene rings is 1. The Morgan fingerprint density at radius 1 is 1.53 bits per heavy atom. The number of nitrogens with one attached hydrogen (secondary N) is 1. The van der Waals surface area contributed by atoms with Gasteiger partial charge in [-0.05, 0) is 48.0 Å². The van der Waals surface area contributed by atoms with Gasteiger partial charge in [0.25, 0.3) is 5.91 Å². The van der Waals surface area contributed by atoms with Crippen LogP contribution in [-0.4, -0.2) is 25.2 Å². The lowest BCUT2D eigenvalue weighted by atomic mass is 10.1. The van der Waals surface area contributed by atoms with Crippen molar-refractivity contribution in [3.05, 3.63) is 33.3 Å². The average molecular weight is 321 g/mol. The van der Waals surface area contributed by atoms with E-state index in [-0.39, 0.29) is 5.91 Å². The minimum Gasteiger partial charge on any atom is -0.382 e. The number of carbonyl (C=O) groups excluding carboxylic acids is 1. The molecule has 0 bridgehead atoms. The first-order valence-electron chi connectivity index (χ1n) is 5.12. The van der Waals surface area contributed by atoms with Crippen molar-refractivity contribution in [2.24, 2.45) is 0 Å². The number of carbonyl (C=O) groups is 1. The van der Waals surface area contributed by atoms with Crippen molar-refractivity contribution in [2.75, 3.05) is 13.7 Å². The van der Waals surface area contributed by atoms with Crippen LogP contribution < -0.4 is 5.32 Å². The van der Waals surface area contributed by atoms with Crippen molar-refractivity contribution >= 4 is 33.4 Å². The van der Waals surface area contributed by atoms with Gasteiger partial charge in [0, 0.05) is 17.1 Å². The van der Waals surface area contributed by atoms with Gasteiger partial charge in [0.1, 0.15) is 0 Å². The molecule has 0 atom stereocenters. The summed E-state index contributed by atoms with van der Waals surface area (Å²) in [6.07, 6.45) is 0. The molecule has 1 N–H and O–H groups in total. The van der Waals surface area contributed by atoms with Gasteiger partial charge in [-0.25, -0.2) is 0 Å². The minimum absolute atomic E-state index is 0.149. The van der Waals surface area contributed by atoms with Crippen molar-refractivity contribution in [2.45, 2.75) is 19.4 Å². The zero-order valence-electron chi connectivity index (χ0n) is 10.0. The van der Waals surface area contributed by atoms with Crippen molar-refractivity contribution < 1.29 is 9.53 Å². The Labute approximate surface area is 115 Å². The third-order valence-electron chi connectivity index (χ3n) is 2.14. The molecule has 94 valence electrons. The molecule has 0 radical (unpaired) electrons. The highest BCUT2D eigenvalue weighted by atomic mass is 79.9. The Morgan fingerprint density at radius 3 is 2.71 bits per heavy atom. The van der Waals surface area contributed by atoms with Gasteiger partial charge in [-0.3, -0.25) is 4.79 Å². The SMILES string of the molecule is COCC(C)(C)NC(=O)c1ccc(Cl)c(Br)c1. The largest absolute Gasteiger partial charge is 0.382 e. The molecule has 0 aliphatic rings. The first-order chi connectivity index (χ1) is 7.85. The lowest BCUT2D eigenvalue weighted by Gasteiger charge is -2.25. The van der Waals surface area contributed by atoms with Gasteiger partial charge in [-0.15, -0.1) is 0 Å². The van der Waals surface area contributed by atoms with Crippen LogP contribution in [0.2, 0.25) is 5.02 Å². The van der Waals surface area contributed by atoms with Crippen LogP contribution in [0.5, 0.6) is 0 Å². The second kappa shape index (κ2) is 5.85. The van der Waals surface area contributed by atoms with E-state index in [1.54, 1.807) is 25.3 Å². The van der Waals surface area contributed by atoms with Crippen molar-refractivity contribution in [1.29, 1.82) is 0 Å². The maximum atomic E-state index is 12.0. The van der Waals surface area contributed by atoms with Crippen LogP contribution in [0.1, 0.15) is 24.2 Å². The maximum absolute atomic E-state index is 12.0. The number of hydrogen-bond donors (Lipinski definition) is 1. The topological polar surface area (TPSA) is 38.3 Å². The van der Waals surface area contributed by atoms with Crippen LogP contribution in [-0.2, 0) is 4.74 Å². The smallest absolute Gasteiger partial charge is 0.251 e. The van der Waals surface area contributed by atoms with Crippen LogP contribution in [0, 0.1) is 0 Å². The monoisotopic (exact) mass is 319 g/mol. The summed E-state index contributed by atoms with van der Waals surface area (Å²) in [4.78, 5) is 12.0. The fourth-order valence-corrected chi connectivity index (χ4v) is 1.91. The molecule has 0 saturated carbocycles. The Balaban J connectivity index is 2.80. The molecule has 0 unspecified atom stereocenters. The predicted molar refractivity (Wildman–Crippen MR) is 72.6 cm³/mol. The predicted octanol–water partition coefficient (Wildman–Crippen LogP) is 3.26. The lowest BCUT2D eigenvalue weighted by Crippen LogP contribution is -2.46. The second-order valence-corrected chi connectivity index (χ2v) is 5.66. The van der Waals surface area contributed by atoms with E-state index in [0.29, 0.717) is 21.7 Å². The van der Waals surface area contributed by atoms with Gasteiger partial charge in [-0.1, -0.05) is 11.6 Å². The van der Waals surface area contributed by atoms with E-state index in [4.69, 9.17) is 16.3 Å². The molecule has 3 nitrogen and oxygen atoms in total. The van der Waals surface area contributed by atoms with E-state index in [2.05, 4.69) is 21.2 Å². The quantitative estimate of drug-likeness (QED) is 0.925. The van der Waals surface area contributed by atoms with Gasteiger partial charge in [0.15, 0.2) is 0 Å². The average Bonchev–Trinajstić information content (AvgIpc) is 2.21. The lowest BCUT2D eigenvalue weighted by molar-refractivity contribution is 0.0820. The summed E-state index contributed by atoms with van der Waals surface area (Å²) in [6, 6.07) is 5.07. The molecule has 1 aromatic rings. The summed E-state index contributed by atoms with van der Waals surface area (Å²) in [6.45, 7) is 4.26. The molecular weight excluding hydrogens is 305 g/mol. The van der Waals surface area contributed by atoms with E-state index in [1.165, 1.54) is 0 Å². The molecule has 17 heavy (non-hydrogen) atoms. The molecule has 1 rings (SSSR count). The van der Waals surface area contributed by atoms with Crippen molar-refractivity contribution in [3.8, 4) is 0 Å². The van der Waals surface area contributed by atoms with Crippen LogP contribution in [0.3, 0.4) is 0 Å². The molecule has 1 amide bonds. The molecule has 1 aromatic carbocycles. The summed E-state index contributed by atoms with van der Waals surface area (Å²) in [5.41, 5.74) is 0.156. The van der Waals surface area contributed by atoms with E-state index in [9.17, 15) is 4.79 Å². The van der Waals surface area contributed by atoms with Gasteiger partial charge in [0.05, 0.1) is 17.2 Å². The fraction of sp³-hybridized carbons (Fsp3) is 0.417. The molecule has 0 fully saturated rings. The van der Waals surface area contributed by atoms with Crippen LogP contribution in [0.15, 0.2) is 22.7 Å². The maximum Gasteiger partial charge on any atom is 0.251 e. The van der Waals surface area contributed by atoms with Crippen molar-refractivity contribution in [3.63, 3.8) is 0 Å². The summed E-state index contributed by atoms with van der Waals surface area (Å²) in [5, 5.41) is 3.47. The van der Waals surface area contributed by atoms with Crippen LogP contribution >= 0.6 is 27.5 Å². The molecule has 0 saturated heterocycles. The van der Waals surface area contributed by atoms with Gasteiger partial charge in [-0.2, -0.15) is 0 Å². The third kappa shape index (κ3) is 4.30. The standard InChI is InChI=1S/C12H15BrClNO2/c1-12(2,7-17-3)15-11(16)8-4-5-10(14)9(13)6-8/h4-6H,7H2,1-3H3,(H,15,16). The molecule has 5 heteroatoms. The molecule has 0 aliphatic heterocycles. The second-order valence-electron chi connectivity index (χ2n) is 4.40. The van der Waals surface area contributed by atoms with Gasteiger partial charge >= 0.3 is 0 Å². The number of hydrogen-bond acceptors (Lipinski definition) is 2. The summed E-state index contributed by atoms with van der Waals surface area (Å²) >= 11 is 9.16. The molecule has 0 spiro atoms. The molecule has 0 heterocycles. The molecular formula is C12H15BrClNO2. The van der Waals surface area contributed by atoms with E-state index >= 15 is 0 Å². The Morgan fingerprint density at radius 2 is 2.18 bits per heavy atom. The summed E-state index contributed by atoms with van der Waals surface area (Å²) in [5.74, 6) is -0.149. The number of halogens is 2. The Hall–Kier alpha value is -0.580. The summed E-state index contributed by atoms with van der Waals surface area (Å²) < 4.78 is 5.75.